The van der Waals surface area contributed by atoms with Crippen LogP contribution in [0.15, 0.2) is 12.3 Å². The maximum Gasteiger partial charge on any atom is 0.195 e. The van der Waals surface area contributed by atoms with E-state index in [0.717, 1.165) is 12.3 Å². The largest absolute Gasteiger partial charge is 0.254 e. The van der Waals surface area contributed by atoms with E-state index < -0.39 is 17.5 Å². The molecule has 0 spiro atoms. The van der Waals surface area contributed by atoms with Gasteiger partial charge in [-0.25, -0.2) is 13.2 Å². The van der Waals surface area contributed by atoms with Crippen molar-refractivity contribution in [2.75, 3.05) is 0 Å². The van der Waals surface area contributed by atoms with Gasteiger partial charge in [0.1, 0.15) is 0 Å². The van der Waals surface area contributed by atoms with Gasteiger partial charge in [-0.1, -0.05) is 23.2 Å². The molecule has 15 heavy (non-hydrogen) atoms. The SMILES string of the molecule is Fc1cc2ncc(Cl)c(Cl)c2c(F)c1F. The highest BCUT2D eigenvalue weighted by atomic mass is 35.5. The number of pyridine rings is 1. The van der Waals surface area contributed by atoms with Crippen LogP contribution in [0.5, 0.6) is 0 Å². The lowest BCUT2D eigenvalue weighted by Crippen LogP contribution is -1.94. The molecule has 1 heterocycles. The van der Waals surface area contributed by atoms with Crippen molar-refractivity contribution in [1.29, 1.82) is 0 Å². The third kappa shape index (κ3) is 1.54. The van der Waals surface area contributed by atoms with Crippen LogP contribution < -0.4 is 0 Å². The summed E-state index contributed by atoms with van der Waals surface area (Å²) < 4.78 is 39.0. The first-order valence-corrected chi connectivity index (χ1v) is 4.55. The second-order valence-electron chi connectivity index (χ2n) is 2.80. The monoisotopic (exact) mass is 251 g/mol. The molecular weight excluding hydrogens is 250 g/mol. The van der Waals surface area contributed by atoms with E-state index in [9.17, 15) is 13.2 Å². The summed E-state index contributed by atoms with van der Waals surface area (Å²) in [7, 11) is 0. The van der Waals surface area contributed by atoms with Gasteiger partial charge in [0.25, 0.3) is 0 Å². The van der Waals surface area contributed by atoms with Crippen molar-refractivity contribution in [3.63, 3.8) is 0 Å². The maximum atomic E-state index is 13.3. The molecule has 0 fully saturated rings. The van der Waals surface area contributed by atoms with Gasteiger partial charge in [-0.05, 0) is 0 Å². The first-order chi connectivity index (χ1) is 7.02. The van der Waals surface area contributed by atoms with Crippen LogP contribution in [0, 0.1) is 17.5 Å². The molecule has 0 atom stereocenters. The van der Waals surface area contributed by atoms with Gasteiger partial charge in [0.15, 0.2) is 17.5 Å². The third-order valence-corrected chi connectivity index (χ3v) is 2.66. The molecule has 1 aromatic carbocycles. The van der Waals surface area contributed by atoms with Crippen LogP contribution in [0.25, 0.3) is 10.9 Å². The van der Waals surface area contributed by atoms with Crippen LogP contribution in [-0.4, -0.2) is 4.98 Å². The number of benzene rings is 1. The first kappa shape index (κ1) is 10.5. The van der Waals surface area contributed by atoms with Gasteiger partial charge in [0.2, 0.25) is 0 Å². The molecule has 0 bridgehead atoms. The lowest BCUT2D eigenvalue weighted by atomic mass is 10.2. The molecule has 0 saturated carbocycles. The molecule has 0 N–H and O–H groups in total. The van der Waals surface area contributed by atoms with Crippen molar-refractivity contribution < 1.29 is 13.2 Å². The number of nitrogens with zero attached hydrogens (tertiary/aromatic N) is 1. The van der Waals surface area contributed by atoms with Gasteiger partial charge < -0.3 is 0 Å². The van der Waals surface area contributed by atoms with E-state index in [-0.39, 0.29) is 20.9 Å². The van der Waals surface area contributed by atoms with E-state index in [1.807, 2.05) is 0 Å². The third-order valence-electron chi connectivity index (χ3n) is 1.89. The summed E-state index contributed by atoms with van der Waals surface area (Å²) in [5.74, 6) is -4.29. The standard InChI is InChI=1S/C9H2Cl2F3N/c10-3-2-15-5-1-4(12)8(13)9(14)6(5)7(3)11/h1-2H. The fourth-order valence-corrected chi connectivity index (χ4v) is 1.57. The predicted molar refractivity (Wildman–Crippen MR) is 51.6 cm³/mol. The zero-order valence-corrected chi connectivity index (χ0v) is 8.50. The minimum Gasteiger partial charge on any atom is -0.254 e. The molecule has 0 unspecified atom stereocenters. The van der Waals surface area contributed by atoms with Gasteiger partial charge in [0, 0.05) is 12.3 Å². The van der Waals surface area contributed by atoms with Gasteiger partial charge >= 0.3 is 0 Å². The fraction of sp³-hybridized carbons (Fsp3) is 0. The molecule has 0 amide bonds. The van der Waals surface area contributed by atoms with Crippen molar-refractivity contribution in [2.45, 2.75) is 0 Å². The molecule has 78 valence electrons. The van der Waals surface area contributed by atoms with Crippen molar-refractivity contribution >= 4 is 34.1 Å². The Bertz CT molecular complexity index is 557. The van der Waals surface area contributed by atoms with Crippen LogP contribution in [0.1, 0.15) is 0 Å². The average Bonchev–Trinajstić information content (AvgIpc) is 2.20. The van der Waals surface area contributed by atoms with E-state index in [2.05, 4.69) is 4.98 Å². The minimum atomic E-state index is -1.59. The minimum absolute atomic E-state index is 0.0194. The molecule has 6 heteroatoms. The summed E-state index contributed by atoms with van der Waals surface area (Å²) in [6, 6.07) is 0.760. The molecule has 1 aromatic heterocycles. The Hall–Kier alpha value is -1.00. The summed E-state index contributed by atoms with van der Waals surface area (Å²) in [6.07, 6.45) is 1.14. The van der Waals surface area contributed by atoms with Crippen molar-refractivity contribution in [1.82, 2.24) is 4.98 Å². The number of halogens is 5. The Morgan fingerprint density at radius 1 is 1.07 bits per heavy atom. The van der Waals surface area contributed by atoms with E-state index in [1.165, 1.54) is 0 Å². The highest BCUT2D eigenvalue weighted by molar-refractivity contribution is 6.45. The number of aromatic nitrogens is 1. The summed E-state index contributed by atoms with van der Waals surface area (Å²) >= 11 is 11.2. The Kier molecular flexibility index (Phi) is 2.48. The van der Waals surface area contributed by atoms with Gasteiger partial charge in [-0.3, -0.25) is 4.98 Å². The van der Waals surface area contributed by atoms with Crippen LogP contribution in [0.3, 0.4) is 0 Å². The summed E-state index contributed by atoms with van der Waals surface area (Å²) in [5, 5.41) is -0.518. The normalized spacial score (nSPS) is 11.0. The van der Waals surface area contributed by atoms with E-state index in [0.29, 0.717) is 0 Å². The molecule has 0 aliphatic heterocycles. The molecule has 0 radical (unpaired) electrons. The van der Waals surface area contributed by atoms with E-state index in [4.69, 9.17) is 23.2 Å². The topological polar surface area (TPSA) is 12.9 Å². The zero-order valence-electron chi connectivity index (χ0n) is 6.99. The van der Waals surface area contributed by atoms with Crippen LogP contribution in [0.4, 0.5) is 13.2 Å². The molecule has 2 rings (SSSR count). The second-order valence-corrected chi connectivity index (χ2v) is 3.59. The van der Waals surface area contributed by atoms with Crippen LogP contribution >= 0.6 is 23.2 Å². The maximum absolute atomic E-state index is 13.3. The van der Waals surface area contributed by atoms with Crippen LogP contribution in [0.2, 0.25) is 10.0 Å². The summed E-state index contributed by atoms with van der Waals surface area (Å²) in [4.78, 5) is 3.64. The second kappa shape index (κ2) is 3.54. The molecule has 0 aliphatic carbocycles. The predicted octanol–water partition coefficient (Wildman–Crippen LogP) is 3.96. The number of hydrogen-bond acceptors (Lipinski definition) is 1. The van der Waals surface area contributed by atoms with Crippen molar-refractivity contribution in [2.24, 2.45) is 0 Å². The molecule has 1 nitrogen and oxygen atoms in total. The van der Waals surface area contributed by atoms with E-state index in [1.54, 1.807) is 0 Å². The van der Waals surface area contributed by atoms with Crippen LogP contribution in [-0.2, 0) is 0 Å². The summed E-state index contributed by atoms with van der Waals surface area (Å²) in [6.45, 7) is 0. The first-order valence-electron chi connectivity index (χ1n) is 3.79. The lowest BCUT2D eigenvalue weighted by molar-refractivity contribution is 0.453. The Morgan fingerprint density at radius 2 is 1.73 bits per heavy atom. The Balaban J connectivity index is 3.00. The number of hydrogen-bond donors (Lipinski definition) is 0. The van der Waals surface area contributed by atoms with Crippen molar-refractivity contribution in [3.05, 3.63) is 39.8 Å². The summed E-state index contributed by atoms with van der Waals surface area (Å²) in [5.41, 5.74) is -0.0826. The quantitative estimate of drug-likeness (QED) is 0.646. The number of rotatable bonds is 0. The average molecular weight is 252 g/mol. The van der Waals surface area contributed by atoms with Crippen molar-refractivity contribution in [3.8, 4) is 0 Å². The molecule has 0 saturated heterocycles. The molecular formula is C9H2Cl2F3N. The highest BCUT2D eigenvalue weighted by Gasteiger charge is 2.17. The zero-order chi connectivity index (χ0) is 11.2. The fourth-order valence-electron chi connectivity index (χ4n) is 1.20. The lowest BCUT2D eigenvalue weighted by Gasteiger charge is -2.04. The Morgan fingerprint density at radius 3 is 2.40 bits per heavy atom. The smallest absolute Gasteiger partial charge is 0.195 e. The van der Waals surface area contributed by atoms with E-state index >= 15 is 0 Å². The van der Waals surface area contributed by atoms with Gasteiger partial charge in [0.05, 0.1) is 20.9 Å². The molecule has 2 aromatic rings. The number of fused-ring (bicyclic) bond motifs is 1. The molecule has 0 aliphatic rings. The Labute approximate surface area is 92.4 Å². The highest BCUT2D eigenvalue weighted by Crippen LogP contribution is 2.32. The van der Waals surface area contributed by atoms with Gasteiger partial charge in [-0.2, -0.15) is 0 Å². The van der Waals surface area contributed by atoms with Gasteiger partial charge in [-0.15, -0.1) is 0 Å².